The van der Waals surface area contributed by atoms with Crippen LogP contribution in [0.2, 0.25) is 0 Å². The van der Waals surface area contributed by atoms with Crippen LogP contribution in [0.25, 0.3) is 0 Å². The van der Waals surface area contributed by atoms with Crippen LogP contribution in [-0.4, -0.2) is 24.5 Å². The van der Waals surface area contributed by atoms with Gasteiger partial charge in [-0.2, -0.15) is 13.2 Å². The van der Waals surface area contributed by atoms with Gasteiger partial charge in [-0.25, -0.2) is 0 Å². The van der Waals surface area contributed by atoms with Crippen LogP contribution in [0.3, 0.4) is 0 Å². The SMILES string of the molecule is COc1cccc(CC(O)C2CCCCC2C(F)(F)F)c1. The Morgan fingerprint density at radius 3 is 2.67 bits per heavy atom. The van der Waals surface area contributed by atoms with Crippen molar-refractivity contribution in [2.45, 2.75) is 44.4 Å². The highest BCUT2D eigenvalue weighted by atomic mass is 19.4. The molecule has 2 rings (SSSR count). The van der Waals surface area contributed by atoms with E-state index in [1.54, 1.807) is 24.3 Å². The molecule has 0 radical (unpaired) electrons. The van der Waals surface area contributed by atoms with Crippen molar-refractivity contribution in [3.8, 4) is 5.75 Å². The molecule has 3 unspecified atom stereocenters. The summed E-state index contributed by atoms with van der Waals surface area (Å²) in [5.41, 5.74) is 0.799. The topological polar surface area (TPSA) is 29.5 Å². The van der Waals surface area contributed by atoms with Gasteiger partial charge in [-0.15, -0.1) is 0 Å². The first-order chi connectivity index (χ1) is 9.91. The van der Waals surface area contributed by atoms with Gasteiger partial charge in [-0.3, -0.25) is 0 Å². The molecule has 118 valence electrons. The van der Waals surface area contributed by atoms with Gasteiger partial charge in [0.25, 0.3) is 0 Å². The molecule has 1 N–H and O–H groups in total. The lowest BCUT2D eigenvalue weighted by atomic mass is 9.74. The Hall–Kier alpha value is -1.23. The summed E-state index contributed by atoms with van der Waals surface area (Å²) in [4.78, 5) is 0. The third-order valence-corrected chi connectivity index (χ3v) is 4.31. The highest BCUT2D eigenvalue weighted by Gasteiger charge is 2.47. The molecule has 1 fully saturated rings. The van der Waals surface area contributed by atoms with Gasteiger partial charge in [0.05, 0.1) is 19.1 Å². The van der Waals surface area contributed by atoms with Gasteiger partial charge >= 0.3 is 6.18 Å². The molecular weight excluding hydrogens is 281 g/mol. The van der Waals surface area contributed by atoms with Crippen LogP contribution in [-0.2, 0) is 6.42 Å². The predicted molar refractivity (Wildman–Crippen MR) is 74.2 cm³/mol. The third kappa shape index (κ3) is 4.13. The van der Waals surface area contributed by atoms with Gasteiger partial charge in [-0.05, 0) is 42.9 Å². The molecule has 1 aromatic carbocycles. The maximum atomic E-state index is 13.1. The molecule has 0 spiro atoms. The second-order valence-electron chi connectivity index (χ2n) is 5.72. The van der Waals surface area contributed by atoms with Crippen molar-refractivity contribution in [1.29, 1.82) is 0 Å². The molecule has 1 saturated carbocycles. The van der Waals surface area contributed by atoms with E-state index in [0.717, 1.165) is 12.0 Å². The highest BCUT2D eigenvalue weighted by Crippen LogP contribution is 2.43. The second kappa shape index (κ2) is 6.69. The van der Waals surface area contributed by atoms with Crippen LogP contribution in [0.15, 0.2) is 24.3 Å². The van der Waals surface area contributed by atoms with E-state index >= 15 is 0 Å². The van der Waals surface area contributed by atoms with E-state index in [0.29, 0.717) is 18.6 Å². The lowest BCUT2D eigenvalue weighted by molar-refractivity contribution is -0.206. The van der Waals surface area contributed by atoms with E-state index < -0.39 is 24.1 Å². The second-order valence-corrected chi connectivity index (χ2v) is 5.72. The first-order valence-corrected chi connectivity index (χ1v) is 7.29. The Labute approximate surface area is 122 Å². The number of halogens is 3. The zero-order valence-corrected chi connectivity index (χ0v) is 12.1. The standard InChI is InChI=1S/C16H21F3O2/c1-21-12-6-4-5-11(9-12)10-15(20)13-7-2-3-8-14(13)16(17,18)19/h4-6,9,13-15,20H,2-3,7-8,10H2,1H3. The number of alkyl halides is 3. The van der Waals surface area contributed by atoms with E-state index in [4.69, 9.17) is 4.74 Å². The smallest absolute Gasteiger partial charge is 0.392 e. The Bertz CT molecular complexity index is 459. The summed E-state index contributed by atoms with van der Waals surface area (Å²) < 4.78 is 44.3. The zero-order chi connectivity index (χ0) is 15.5. The van der Waals surface area contributed by atoms with Crippen molar-refractivity contribution in [2.75, 3.05) is 7.11 Å². The average Bonchev–Trinajstić information content (AvgIpc) is 2.46. The van der Waals surface area contributed by atoms with Crippen molar-refractivity contribution in [2.24, 2.45) is 11.8 Å². The van der Waals surface area contributed by atoms with Gasteiger partial charge in [0, 0.05) is 0 Å². The quantitative estimate of drug-likeness (QED) is 0.912. The van der Waals surface area contributed by atoms with E-state index in [1.165, 1.54) is 7.11 Å². The predicted octanol–water partition coefficient (Wildman–Crippen LogP) is 3.97. The number of methoxy groups -OCH3 is 1. The Balaban J connectivity index is 2.08. The van der Waals surface area contributed by atoms with E-state index in [-0.39, 0.29) is 12.8 Å². The summed E-state index contributed by atoms with van der Waals surface area (Å²) in [5.74, 6) is -1.44. The van der Waals surface area contributed by atoms with Crippen molar-refractivity contribution >= 4 is 0 Å². The Morgan fingerprint density at radius 1 is 1.29 bits per heavy atom. The fourth-order valence-electron chi connectivity index (χ4n) is 3.22. The van der Waals surface area contributed by atoms with E-state index in [9.17, 15) is 18.3 Å². The maximum Gasteiger partial charge on any atom is 0.392 e. The lowest BCUT2D eigenvalue weighted by Gasteiger charge is -2.36. The number of benzene rings is 1. The largest absolute Gasteiger partial charge is 0.497 e. The van der Waals surface area contributed by atoms with Crippen molar-refractivity contribution in [3.63, 3.8) is 0 Å². The molecule has 1 aromatic rings. The molecule has 0 amide bonds. The molecule has 21 heavy (non-hydrogen) atoms. The van der Waals surface area contributed by atoms with Crippen LogP contribution < -0.4 is 4.74 Å². The monoisotopic (exact) mass is 302 g/mol. The minimum atomic E-state index is -4.22. The van der Waals surface area contributed by atoms with Crippen LogP contribution in [0.5, 0.6) is 5.75 Å². The number of ether oxygens (including phenoxy) is 1. The molecule has 0 saturated heterocycles. The molecule has 1 aliphatic carbocycles. The number of hydrogen-bond acceptors (Lipinski definition) is 2. The minimum Gasteiger partial charge on any atom is -0.497 e. The lowest BCUT2D eigenvalue weighted by Crippen LogP contribution is -2.40. The fraction of sp³-hybridized carbons (Fsp3) is 0.625. The summed E-state index contributed by atoms with van der Waals surface area (Å²) in [6, 6.07) is 7.11. The summed E-state index contributed by atoms with van der Waals surface area (Å²) in [6.45, 7) is 0. The minimum absolute atomic E-state index is 0.128. The van der Waals surface area contributed by atoms with Gasteiger partial charge in [0.1, 0.15) is 5.75 Å². The highest BCUT2D eigenvalue weighted by molar-refractivity contribution is 5.28. The third-order valence-electron chi connectivity index (χ3n) is 4.31. The molecule has 2 nitrogen and oxygen atoms in total. The number of rotatable bonds is 4. The van der Waals surface area contributed by atoms with Crippen molar-refractivity contribution in [1.82, 2.24) is 0 Å². The van der Waals surface area contributed by atoms with Crippen LogP contribution in [0.1, 0.15) is 31.2 Å². The Kier molecular flexibility index (Phi) is 5.14. The Morgan fingerprint density at radius 2 is 2.00 bits per heavy atom. The molecule has 0 bridgehead atoms. The number of aliphatic hydroxyl groups excluding tert-OH is 1. The van der Waals surface area contributed by atoms with Gasteiger partial charge in [-0.1, -0.05) is 25.0 Å². The molecule has 5 heteroatoms. The summed E-state index contributed by atoms with van der Waals surface area (Å²) >= 11 is 0. The molecule has 0 aliphatic heterocycles. The summed E-state index contributed by atoms with van der Waals surface area (Å²) in [7, 11) is 1.54. The molecule has 1 aliphatic rings. The first kappa shape index (κ1) is 16.1. The molecule has 3 atom stereocenters. The van der Waals surface area contributed by atoms with Crippen LogP contribution in [0.4, 0.5) is 13.2 Å². The molecule has 0 heterocycles. The van der Waals surface area contributed by atoms with Gasteiger partial charge < -0.3 is 9.84 Å². The zero-order valence-electron chi connectivity index (χ0n) is 12.1. The van der Waals surface area contributed by atoms with Crippen molar-refractivity contribution < 1.29 is 23.0 Å². The average molecular weight is 302 g/mol. The maximum absolute atomic E-state index is 13.1. The molecular formula is C16H21F3O2. The van der Waals surface area contributed by atoms with E-state index in [1.807, 2.05) is 0 Å². The molecule has 0 aromatic heterocycles. The first-order valence-electron chi connectivity index (χ1n) is 7.29. The number of hydrogen-bond donors (Lipinski definition) is 1. The van der Waals surface area contributed by atoms with Gasteiger partial charge in [0.15, 0.2) is 0 Å². The van der Waals surface area contributed by atoms with Crippen LogP contribution in [0, 0.1) is 11.8 Å². The van der Waals surface area contributed by atoms with E-state index in [2.05, 4.69) is 0 Å². The normalized spacial score (nSPS) is 24.6. The van der Waals surface area contributed by atoms with Gasteiger partial charge in [0.2, 0.25) is 0 Å². The van der Waals surface area contributed by atoms with Crippen LogP contribution >= 0.6 is 0 Å². The fourth-order valence-corrected chi connectivity index (χ4v) is 3.22. The summed E-state index contributed by atoms with van der Waals surface area (Å²) in [6.07, 6.45) is -3.05. The number of aliphatic hydroxyl groups is 1. The summed E-state index contributed by atoms with van der Waals surface area (Å²) in [5, 5.41) is 10.3. The van der Waals surface area contributed by atoms with Crippen molar-refractivity contribution in [3.05, 3.63) is 29.8 Å².